The summed E-state index contributed by atoms with van der Waals surface area (Å²) in [5.41, 5.74) is 0. The number of amides is 1. The van der Waals surface area contributed by atoms with Gasteiger partial charge in [0.1, 0.15) is 0 Å². The monoisotopic (exact) mass is 832 g/mol. The van der Waals surface area contributed by atoms with Crippen molar-refractivity contribution in [2.24, 2.45) is 0 Å². The molecule has 0 heterocycles. The largest absolute Gasteiger partial charge is 0.466 e. The van der Waals surface area contributed by atoms with Crippen molar-refractivity contribution in [2.45, 2.75) is 289 Å². The highest BCUT2D eigenvalue weighted by atomic mass is 16.5. The molecular formula is C53H101NO5. The van der Waals surface area contributed by atoms with Crippen LogP contribution < -0.4 is 5.32 Å². The molecule has 0 radical (unpaired) electrons. The Morgan fingerprint density at radius 3 is 1.20 bits per heavy atom. The fourth-order valence-electron chi connectivity index (χ4n) is 7.92. The number of aliphatic hydroxyl groups excluding tert-OH is 2. The summed E-state index contributed by atoms with van der Waals surface area (Å²) in [5.74, 6) is -0.0987. The van der Waals surface area contributed by atoms with Crippen molar-refractivity contribution >= 4 is 11.9 Å². The maximum absolute atomic E-state index is 12.4. The molecule has 0 fully saturated rings. The van der Waals surface area contributed by atoms with Crippen molar-refractivity contribution < 1.29 is 24.5 Å². The first kappa shape index (κ1) is 57.3. The van der Waals surface area contributed by atoms with Crippen molar-refractivity contribution in [2.75, 3.05) is 13.2 Å². The lowest BCUT2D eigenvalue weighted by atomic mass is 10.0. The molecule has 2 atom stereocenters. The third-order valence-corrected chi connectivity index (χ3v) is 12.0. The van der Waals surface area contributed by atoms with Crippen LogP contribution in [0.15, 0.2) is 24.3 Å². The number of carbonyl (C=O) groups is 2. The molecule has 0 aromatic carbocycles. The predicted octanol–water partition coefficient (Wildman–Crippen LogP) is 15.5. The van der Waals surface area contributed by atoms with Gasteiger partial charge in [-0.25, -0.2) is 0 Å². The maximum atomic E-state index is 12.4. The molecule has 0 saturated carbocycles. The highest BCUT2D eigenvalue weighted by Gasteiger charge is 2.20. The van der Waals surface area contributed by atoms with Crippen molar-refractivity contribution in [3.8, 4) is 0 Å². The van der Waals surface area contributed by atoms with Crippen LogP contribution in [0.1, 0.15) is 277 Å². The van der Waals surface area contributed by atoms with Gasteiger partial charge in [0.05, 0.1) is 25.4 Å². The number of nitrogens with one attached hydrogen (secondary N) is 1. The van der Waals surface area contributed by atoms with Crippen LogP contribution in [-0.2, 0) is 14.3 Å². The fraction of sp³-hybridized carbons (Fsp3) is 0.887. The van der Waals surface area contributed by atoms with Crippen LogP contribution in [0, 0.1) is 0 Å². The van der Waals surface area contributed by atoms with Gasteiger partial charge in [0.25, 0.3) is 0 Å². The molecule has 2 unspecified atom stereocenters. The van der Waals surface area contributed by atoms with Crippen LogP contribution in [0.25, 0.3) is 0 Å². The number of unbranched alkanes of at least 4 members (excludes halogenated alkanes) is 33. The van der Waals surface area contributed by atoms with Crippen molar-refractivity contribution in [1.29, 1.82) is 0 Å². The molecule has 3 N–H and O–H groups in total. The van der Waals surface area contributed by atoms with E-state index in [-0.39, 0.29) is 18.5 Å². The molecule has 0 rings (SSSR count). The van der Waals surface area contributed by atoms with Gasteiger partial charge in [-0.05, 0) is 77.0 Å². The molecular weight excluding hydrogens is 731 g/mol. The van der Waals surface area contributed by atoms with E-state index in [2.05, 4.69) is 43.5 Å². The summed E-state index contributed by atoms with van der Waals surface area (Å²) in [6, 6.07) is -0.562. The molecule has 1 amide bonds. The topological polar surface area (TPSA) is 95.9 Å². The molecule has 0 bridgehead atoms. The first-order valence-corrected chi connectivity index (χ1v) is 26.1. The van der Waals surface area contributed by atoms with Gasteiger partial charge in [0.2, 0.25) is 5.91 Å². The average molecular weight is 832 g/mol. The second-order valence-corrected chi connectivity index (χ2v) is 17.8. The Bertz CT molecular complexity index is 920. The summed E-state index contributed by atoms with van der Waals surface area (Å²) in [5, 5.41) is 23.2. The number of hydrogen-bond acceptors (Lipinski definition) is 5. The minimum absolute atomic E-state index is 0.0346. The Kier molecular flexibility index (Phi) is 47.6. The Balaban J connectivity index is 3.51. The third-order valence-electron chi connectivity index (χ3n) is 12.0. The van der Waals surface area contributed by atoms with Gasteiger partial charge < -0.3 is 20.3 Å². The Hall–Kier alpha value is -1.66. The first-order chi connectivity index (χ1) is 29.0. The van der Waals surface area contributed by atoms with Crippen molar-refractivity contribution in [3.05, 3.63) is 24.3 Å². The van der Waals surface area contributed by atoms with Crippen LogP contribution in [0.5, 0.6) is 0 Å². The molecule has 0 aliphatic carbocycles. The Morgan fingerprint density at radius 2 is 0.797 bits per heavy atom. The van der Waals surface area contributed by atoms with E-state index in [0.717, 1.165) is 83.5 Å². The molecule has 0 aliphatic rings. The van der Waals surface area contributed by atoms with E-state index in [9.17, 15) is 19.8 Å². The molecule has 59 heavy (non-hydrogen) atoms. The van der Waals surface area contributed by atoms with E-state index in [1.807, 2.05) is 0 Å². The summed E-state index contributed by atoms with van der Waals surface area (Å²) in [4.78, 5) is 24.5. The van der Waals surface area contributed by atoms with E-state index in [1.165, 1.54) is 161 Å². The van der Waals surface area contributed by atoms with E-state index >= 15 is 0 Å². The van der Waals surface area contributed by atoms with Crippen molar-refractivity contribution in [3.63, 3.8) is 0 Å². The molecule has 0 spiro atoms. The summed E-state index contributed by atoms with van der Waals surface area (Å²) in [6.07, 6.45) is 57.2. The number of hydrogen-bond donors (Lipinski definition) is 3. The average Bonchev–Trinajstić information content (AvgIpc) is 3.24. The van der Waals surface area contributed by atoms with Crippen LogP contribution in [-0.4, -0.2) is 47.4 Å². The number of ether oxygens (including phenoxy) is 1. The van der Waals surface area contributed by atoms with Gasteiger partial charge in [0, 0.05) is 12.8 Å². The summed E-state index contributed by atoms with van der Waals surface area (Å²) >= 11 is 0. The highest BCUT2D eigenvalue weighted by molar-refractivity contribution is 5.76. The van der Waals surface area contributed by atoms with Crippen LogP contribution in [0.3, 0.4) is 0 Å². The quantitative estimate of drug-likeness (QED) is 0.0322. The number of esters is 1. The van der Waals surface area contributed by atoms with Gasteiger partial charge in [-0.3, -0.25) is 9.59 Å². The Labute approximate surface area is 367 Å². The SMILES string of the molecule is CCCCCCCC/C=C\CCCCCCCCCC(=O)OCCCC/C=C\CCCCCCCC(=O)NC(CO)C(O)CCCCCCCCCCCCCCCC. The first-order valence-electron chi connectivity index (χ1n) is 26.1. The molecule has 0 aromatic heterocycles. The smallest absolute Gasteiger partial charge is 0.305 e. The fourth-order valence-corrected chi connectivity index (χ4v) is 7.92. The van der Waals surface area contributed by atoms with Crippen LogP contribution >= 0.6 is 0 Å². The van der Waals surface area contributed by atoms with Crippen molar-refractivity contribution in [1.82, 2.24) is 5.32 Å². The van der Waals surface area contributed by atoms with E-state index in [0.29, 0.717) is 25.9 Å². The minimum atomic E-state index is -0.682. The van der Waals surface area contributed by atoms with Crippen LogP contribution in [0.4, 0.5) is 0 Å². The van der Waals surface area contributed by atoms with Gasteiger partial charge in [-0.1, -0.05) is 212 Å². The molecule has 6 nitrogen and oxygen atoms in total. The lowest BCUT2D eigenvalue weighted by Gasteiger charge is -2.22. The second-order valence-electron chi connectivity index (χ2n) is 17.8. The van der Waals surface area contributed by atoms with Gasteiger partial charge in [-0.15, -0.1) is 0 Å². The summed E-state index contributed by atoms with van der Waals surface area (Å²) in [6.45, 7) is 4.87. The molecule has 0 aliphatic heterocycles. The summed E-state index contributed by atoms with van der Waals surface area (Å²) in [7, 11) is 0. The minimum Gasteiger partial charge on any atom is -0.466 e. The lowest BCUT2D eigenvalue weighted by molar-refractivity contribution is -0.143. The normalized spacial score (nSPS) is 12.8. The number of aliphatic hydroxyl groups is 2. The second kappa shape index (κ2) is 49.0. The maximum Gasteiger partial charge on any atom is 0.305 e. The standard InChI is InChI=1S/C53H101NO5/c1-3-5-7-9-11-13-15-17-19-20-21-23-27-31-35-39-43-47-53(58)59-48-44-40-36-32-28-24-26-30-34-38-42-46-52(57)54-50(49-55)51(56)45-41-37-33-29-25-22-18-16-14-12-10-8-6-4-2/h17,19,28,32,50-51,55-56H,3-16,18,20-27,29-31,33-49H2,1-2H3,(H,54,57)/b19-17-,32-28-. The zero-order valence-electron chi connectivity index (χ0n) is 39.5. The van der Waals surface area contributed by atoms with Crippen LogP contribution in [0.2, 0.25) is 0 Å². The third kappa shape index (κ3) is 45.7. The van der Waals surface area contributed by atoms with E-state index in [1.54, 1.807) is 0 Å². The predicted molar refractivity (Wildman–Crippen MR) is 255 cm³/mol. The molecule has 6 heteroatoms. The van der Waals surface area contributed by atoms with Gasteiger partial charge >= 0.3 is 5.97 Å². The molecule has 0 aromatic rings. The Morgan fingerprint density at radius 1 is 0.458 bits per heavy atom. The number of allylic oxidation sites excluding steroid dienone is 4. The summed E-state index contributed by atoms with van der Waals surface area (Å²) < 4.78 is 5.44. The zero-order chi connectivity index (χ0) is 43.0. The zero-order valence-corrected chi connectivity index (χ0v) is 39.5. The number of carbonyl (C=O) groups excluding carboxylic acids is 2. The lowest BCUT2D eigenvalue weighted by Crippen LogP contribution is -2.45. The van der Waals surface area contributed by atoms with E-state index in [4.69, 9.17) is 4.74 Å². The highest BCUT2D eigenvalue weighted by Crippen LogP contribution is 2.16. The van der Waals surface area contributed by atoms with Gasteiger partial charge in [-0.2, -0.15) is 0 Å². The number of rotatable bonds is 48. The molecule has 0 saturated heterocycles. The molecule has 348 valence electrons. The van der Waals surface area contributed by atoms with Gasteiger partial charge in [0.15, 0.2) is 0 Å². The van der Waals surface area contributed by atoms with E-state index < -0.39 is 12.1 Å².